The molecule has 0 aromatic heterocycles. The van der Waals surface area contributed by atoms with Crippen molar-refractivity contribution in [2.24, 2.45) is 23.2 Å². The first-order valence-electron chi connectivity index (χ1n) is 7.03. The molecule has 0 unspecified atom stereocenters. The quantitative estimate of drug-likeness (QED) is 0.785. The van der Waals surface area contributed by atoms with E-state index in [9.17, 15) is 4.79 Å². The van der Waals surface area contributed by atoms with Crippen molar-refractivity contribution < 1.29 is 9.90 Å². The van der Waals surface area contributed by atoms with Crippen LogP contribution < -0.4 is 5.32 Å². The SMILES string of the molecule is C[C@@H](CO)NC(=O)C12CC3CC(CC(C3)C1)C2. The predicted octanol–water partition coefficient (Wildman–Crippen LogP) is 1.70. The van der Waals surface area contributed by atoms with E-state index in [-0.39, 0.29) is 24.0 Å². The van der Waals surface area contributed by atoms with Crippen LogP contribution in [0.15, 0.2) is 0 Å². The normalized spacial score (nSPS) is 44.7. The first kappa shape index (κ1) is 11.5. The van der Waals surface area contributed by atoms with Crippen LogP contribution in [0.5, 0.6) is 0 Å². The third-order valence-electron chi connectivity index (χ3n) is 5.17. The van der Waals surface area contributed by atoms with Gasteiger partial charge in [-0.3, -0.25) is 4.79 Å². The summed E-state index contributed by atoms with van der Waals surface area (Å²) >= 11 is 0. The first-order valence-corrected chi connectivity index (χ1v) is 7.03. The van der Waals surface area contributed by atoms with Crippen LogP contribution in [0.2, 0.25) is 0 Å². The topological polar surface area (TPSA) is 49.3 Å². The molecule has 0 saturated heterocycles. The standard InChI is InChI=1S/C14H23NO2/c1-9(8-16)15-13(17)14-5-10-2-11(6-14)4-12(3-10)7-14/h9-12,16H,2-8H2,1H3,(H,15,17)/t9-,10?,11?,12?,14?/m0/s1. The van der Waals surface area contributed by atoms with Gasteiger partial charge in [0, 0.05) is 11.5 Å². The first-order chi connectivity index (χ1) is 8.11. The summed E-state index contributed by atoms with van der Waals surface area (Å²) in [6.07, 6.45) is 7.39. The van der Waals surface area contributed by atoms with Crippen LogP contribution in [0, 0.1) is 23.2 Å². The molecule has 17 heavy (non-hydrogen) atoms. The molecule has 0 radical (unpaired) electrons. The minimum atomic E-state index is -0.101. The number of nitrogens with one attached hydrogen (secondary N) is 1. The molecule has 0 aromatic carbocycles. The number of aliphatic hydroxyl groups is 1. The van der Waals surface area contributed by atoms with Crippen molar-refractivity contribution in [1.29, 1.82) is 0 Å². The molecule has 4 rings (SSSR count). The molecule has 96 valence electrons. The highest BCUT2D eigenvalue weighted by Crippen LogP contribution is 2.60. The van der Waals surface area contributed by atoms with Crippen LogP contribution in [0.4, 0.5) is 0 Å². The fourth-order valence-corrected chi connectivity index (χ4v) is 4.81. The fraction of sp³-hybridized carbons (Fsp3) is 0.929. The number of amides is 1. The van der Waals surface area contributed by atoms with Crippen molar-refractivity contribution in [3.8, 4) is 0 Å². The third kappa shape index (κ3) is 1.88. The summed E-state index contributed by atoms with van der Waals surface area (Å²) in [7, 11) is 0. The molecule has 4 fully saturated rings. The molecule has 4 bridgehead atoms. The smallest absolute Gasteiger partial charge is 0.226 e. The van der Waals surface area contributed by atoms with E-state index in [0.29, 0.717) is 0 Å². The molecule has 1 amide bonds. The number of hydrogen-bond acceptors (Lipinski definition) is 2. The van der Waals surface area contributed by atoms with Gasteiger partial charge < -0.3 is 10.4 Å². The van der Waals surface area contributed by atoms with E-state index >= 15 is 0 Å². The molecule has 3 nitrogen and oxygen atoms in total. The second-order valence-corrected chi connectivity index (χ2v) is 6.75. The zero-order chi connectivity index (χ0) is 12.0. The Kier molecular flexibility index (Phi) is 2.69. The molecule has 2 N–H and O–H groups in total. The van der Waals surface area contributed by atoms with Gasteiger partial charge in [0.05, 0.1) is 6.61 Å². The Morgan fingerprint density at radius 1 is 1.24 bits per heavy atom. The Labute approximate surface area is 103 Å². The molecule has 0 aliphatic heterocycles. The lowest BCUT2D eigenvalue weighted by molar-refractivity contribution is -0.147. The lowest BCUT2D eigenvalue weighted by Crippen LogP contribution is -2.55. The summed E-state index contributed by atoms with van der Waals surface area (Å²) in [5, 5.41) is 12.0. The second kappa shape index (κ2) is 3.98. The Hall–Kier alpha value is -0.570. The summed E-state index contributed by atoms with van der Waals surface area (Å²) in [4.78, 5) is 12.4. The van der Waals surface area contributed by atoms with Gasteiger partial charge in [0.2, 0.25) is 5.91 Å². The van der Waals surface area contributed by atoms with E-state index in [2.05, 4.69) is 5.32 Å². The Morgan fingerprint density at radius 3 is 2.12 bits per heavy atom. The Morgan fingerprint density at radius 2 is 1.71 bits per heavy atom. The monoisotopic (exact) mass is 237 g/mol. The number of carbonyl (C=O) groups excluding carboxylic acids is 1. The van der Waals surface area contributed by atoms with E-state index in [1.165, 1.54) is 19.3 Å². The Balaban J connectivity index is 1.75. The maximum Gasteiger partial charge on any atom is 0.226 e. The highest BCUT2D eigenvalue weighted by molar-refractivity contribution is 5.83. The molecule has 0 spiro atoms. The lowest BCUT2D eigenvalue weighted by Gasteiger charge is -2.55. The van der Waals surface area contributed by atoms with E-state index in [0.717, 1.165) is 37.0 Å². The van der Waals surface area contributed by atoms with Crippen molar-refractivity contribution in [3.63, 3.8) is 0 Å². The number of aliphatic hydroxyl groups excluding tert-OH is 1. The Bertz CT molecular complexity index is 291. The van der Waals surface area contributed by atoms with Gasteiger partial charge in [-0.25, -0.2) is 0 Å². The van der Waals surface area contributed by atoms with E-state index in [1.807, 2.05) is 6.92 Å². The van der Waals surface area contributed by atoms with Crippen molar-refractivity contribution >= 4 is 5.91 Å². The number of hydrogen-bond donors (Lipinski definition) is 2. The van der Waals surface area contributed by atoms with E-state index < -0.39 is 0 Å². The van der Waals surface area contributed by atoms with Crippen LogP contribution >= 0.6 is 0 Å². The number of carbonyl (C=O) groups is 1. The van der Waals surface area contributed by atoms with Gasteiger partial charge in [0.15, 0.2) is 0 Å². The van der Waals surface area contributed by atoms with Crippen LogP contribution in [-0.2, 0) is 4.79 Å². The van der Waals surface area contributed by atoms with Crippen molar-refractivity contribution in [2.45, 2.75) is 51.5 Å². The molecular formula is C14H23NO2. The second-order valence-electron chi connectivity index (χ2n) is 6.75. The predicted molar refractivity (Wildman–Crippen MR) is 65.3 cm³/mol. The lowest BCUT2D eigenvalue weighted by atomic mass is 9.49. The molecule has 0 aromatic rings. The van der Waals surface area contributed by atoms with Gasteiger partial charge in [0.25, 0.3) is 0 Å². The average molecular weight is 237 g/mol. The summed E-state index contributed by atoms with van der Waals surface area (Å²) in [6.45, 7) is 1.91. The van der Waals surface area contributed by atoms with Crippen molar-refractivity contribution in [2.75, 3.05) is 6.61 Å². The van der Waals surface area contributed by atoms with Gasteiger partial charge >= 0.3 is 0 Å². The summed E-state index contributed by atoms with van der Waals surface area (Å²) in [5.74, 6) is 2.63. The largest absolute Gasteiger partial charge is 0.394 e. The van der Waals surface area contributed by atoms with Crippen LogP contribution in [0.3, 0.4) is 0 Å². The molecule has 1 atom stereocenters. The molecule has 3 heteroatoms. The van der Waals surface area contributed by atoms with Crippen LogP contribution in [-0.4, -0.2) is 23.7 Å². The minimum absolute atomic E-state index is 0.0398. The molecule has 0 heterocycles. The zero-order valence-corrected chi connectivity index (χ0v) is 10.6. The molecule has 4 aliphatic rings. The summed E-state index contributed by atoms with van der Waals surface area (Å²) in [6, 6.07) is -0.101. The fourth-order valence-electron chi connectivity index (χ4n) is 4.81. The maximum absolute atomic E-state index is 12.4. The van der Waals surface area contributed by atoms with Crippen molar-refractivity contribution in [3.05, 3.63) is 0 Å². The van der Waals surface area contributed by atoms with Gasteiger partial charge in [-0.05, 0) is 63.2 Å². The highest BCUT2D eigenvalue weighted by Gasteiger charge is 2.54. The van der Waals surface area contributed by atoms with Gasteiger partial charge in [0.1, 0.15) is 0 Å². The van der Waals surface area contributed by atoms with Gasteiger partial charge in [-0.15, -0.1) is 0 Å². The van der Waals surface area contributed by atoms with E-state index in [1.54, 1.807) is 0 Å². The highest BCUT2D eigenvalue weighted by atomic mass is 16.3. The van der Waals surface area contributed by atoms with Crippen LogP contribution in [0.1, 0.15) is 45.4 Å². The van der Waals surface area contributed by atoms with Gasteiger partial charge in [-0.2, -0.15) is 0 Å². The zero-order valence-electron chi connectivity index (χ0n) is 10.6. The molecule has 4 aliphatic carbocycles. The molecular weight excluding hydrogens is 214 g/mol. The summed E-state index contributed by atoms with van der Waals surface area (Å²) < 4.78 is 0. The maximum atomic E-state index is 12.4. The van der Waals surface area contributed by atoms with Crippen molar-refractivity contribution in [1.82, 2.24) is 5.32 Å². The summed E-state index contributed by atoms with van der Waals surface area (Å²) in [5.41, 5.74) is -0.0713. The van der Waals surface area contributed by atoms with Crippen LogP contribution in [0.25, 0.3) is 0 Å². The third-order valence-corrected chi connectivity index (χ3v) is 5.17. The average Bonchev–Trinajstić information content (AvgIpc) is 2.26. The van der Waals surface area contributed by atoms with E-state index in [4.69, 9.17) is 5.11 Å². The minimum Gasteiger partial charge on any atom is -0.394 e. The van der Waals surface area contributed by atoms with Gasteiger partial charge in [-0.1, -0.05) is 0 Å². The number of rotatable bonds is 3. The molecule has 4 saturated carbocycles.